The molecule has 0 bridgehead atoms. The minimum absolute atomic E-state index is 0.428. The van der Waals surface area contributed by atoms with E-state index in [0.717, 1.165) is 38.0 Å². The Kier molecular flexibility index (Phi) is 3.95. The molecule has 1 aliphatic carbocycles. The van der Waals surface area contributed by atoms with E-state index in [1.165, 1.54) is 17.7 Å². The molecule has 0 radical (unpaired) electrons. The van der Waals surface area contributed by atoms with E-state index in [2.05, 4.69) is 17.2 Å². The van der Waals surface area contributed by atoms with Crippen molar-refractivity contribution in [2.45, 2.75) is 44.6 Å². The number of hydrogen-bond donors (Lipinski definition) is 2. The summed E-state index contributed by atoms with van der Waals surface area (Å²) in [5.74, 6) is 0. The van der Waals surface area contributed by atoms with Gasteiger partial charge in [-0.1, -0.05) is 12.8 Å². The van der Waals surface area contributed by atoms with Gasteiger partial charge in [-0.05, 0) is 26.2 Å². The number of aryl methyl sites for hydroxylation is 1. The highest BCUT2D eigenvalue weighted by Crippen LogP contribution is 2.28. The Bertz CT molecular complexity index is 332. The standard InChI is InChI=1S/C12H20N2OS/c1-10-11(16-9-14-10)4-7-13-8-12(15)5-2-3-6-12/h9,13,15H,2-8H2,1H3. The van der Waals surface area contributed by atoms with Crippen LogP contribution in [0.5, 0.6) is 0 Å². The Labute approximate surface area is 101 Å². The second-order valence-electron chi connectivity index (χ2n) is 4.72. The van der Waals surface area contributed by atoms with Crippen LogP contribution in [0.25, 0.3) is 0 Å². The van der Waals surface area contributed by atoms with Crippen LogP contribution in [0.1, 0.15) is 36.3 Å². The monoisotopic (exact) mass is 240 g/mol. The number of aliphatic hydroxyl groups is 1. The van der Waals surface area contributed by atoms with Crippen LogP contribution in [0, 0.1) is 6.92 Å². The lowest BCUT2D eigenvalue weighted by atomic mass is 10.0. The molecule has 1 saturated carbocycles. The maximum atomic E-state index is 10.1. The molecular weight excluding hydrogens is 220 g/mol. The second kappa shape index (κ2) is 5.25. The van der Waals surface area contributed by atoms with Gasteiger partial charge in [0.05, 0.1) is 16.8 Å². The molecule has 16 heavy (non-hydrogen) atoms. The average Bonchev–Trinajstić information content (AvgIpc) is 2.84. The summed E-state index contributed by atoms with van der Waals surface area (Å²) in [6.07, 6.45) is 5.28. The molecule has 0 amide bonds. The van der Waals surface area contributed by atoms with Crippen LogP contribution >= 0.6 is 11.3 Å². The minimum atomic E-state index is -0.428. The van der Waals surface area contributed by atoms with Gasteiger partial charge >= 0.3 is 0 Å². The van der Waals surface area contributed by atoms with Crippen LogP contribution in [-0.4, -0.2) is 28.8 Å². The van der Waals surface area contributed by atoms with Crippen LogP contribution in [-0.2, 0) is 6.42 Å². The molecule has 0 unspecified atom stereocenters. The van der Waals surface area contributed by atoms with E-state index < -0.39 is 5.60 Å². The van der Waals surface area contributed by atoms with Crippen molar-refractivity contribution in [2.75, 3.05) is 13.1 Å². The molecule has 2 rings (SSSR count). The van der Waals surface area contributed by atoms with Crippen molar-refractivity contribution < 1.29 is 5.11 Å². The maximum Gasteiger partial charge on any atom is 0.0797 e. The summed E-state index contributed by atoms with van der Waals surface area (Å²) < 4.78 is 0. The van der Waals surface area contributed by atoms with Gasteiger partial charge in [-0.15, -0.1) is 11.3 Å². The summed E-state index contributed by atoms with van der Waals surface area (Å²) in [5.41, 5.74) is 2.61. The van der Waals surface area contributed by atoms with Crippen molar-refractivity contribution in [3.8, 4) is 0 Å². The number of hydrogen-bond acceptors (Lipinski definition) is 4. The normalized spacial score (nSPS) is 19.1. The molecule has 4 heteroatoms. The van der Waals surface area contributed by atoms with E-state index in [9.17, 15) is 5.11 Å². The second-order valence-corrected chi connectivity index (χ2v) is 5.66. The zero-order chi connectivity index (χ0) is 11.4. The van der Waals surface area contributed by atoms with Crippen LogP contribution in [0.3, 0.4) is 0 Å². The number of thiazole rings is 1. The molecular formula is C12H20N2OS. The zero-order valence-corrected chi connectivity index (χ0v) is 10.6. The predicted molar refractivity (Wildman–Crippen MR) is 66.8 cm³/mol. The van der Waals surface area contributed by atoms with Gasteiger partial charge in [0.25, 0.3) is 0 Å². The predicted octanol–water partition coefficient (Wildman–Crippen LogP) is 1.89. The quantitative estimate of drug-likeness (QED) is 0.773. The Morgan fingerprint density at radius 1 is 1.50 bits per heavy atom. The Hall–Kier alpha value is -0.450. The third-order valence-corrected chi connectivity index (χ3v) is 4.36. The first-order valence-corrected chi connectivity index (χ1v) is 6.90. The van der Waals surface area contributed by atoms with Crippen molar-refractivity contribution in [1.29, 1.82) is 0 Å². The average molecular weight is 240 g/mol. The topological polar surface area (TPSA) is 45.2 Å². The smallest absolute Gasteiger partial charge is 0.0797 e. The number of rotatable bonds is 5. The largest absolute Gasteiger partial charge is 0.389 e. The first-order chi connectivity index (χ1) is 7.70. The highest BCUT2D eigenvalue weighted by Gasteiger charge is 2.30. The van der Waals surface area contributed by atoms with Crippen LogP contribution in [0.2, 0.25) is 0 Å². The molecule has 1 fully saturated rings. The van der Waals surface area contributed by atoms with Gasteiger partial charge in [-0.3, -0.25) is 0 Å². The summed E-state index contributed by atoms with van der Waals surface area (Å²) in [7, 11) is 0. The van der Waals surface area contributed by atoms with E-state index in [0.29, 0.717) is 0 Å². The number of aromatic nitrogens is 1. The van der Waals surface area contributed by atoms with Gasteiger partial charge in [0.2, 0.25) is 0 Å². The van der Waals surface area contributed by atoms with E-state index >= 15 is 0 Å². The van der Waals surface area contributed by atoms with E-state index in [1.54, 1.807) is 11.3 Å². The Morgan fingerprint density at radius 2 is 2.25 bits per heavy atom. The summed E-state index contributed by atoms with van der Waals surface area (Å²) in [5, 5.41) is 13.5. The number of nitrogens with zero attached hydrogens (tertiary/aromatic N) is 1. The summed E-state index contributed by atoms with van der Waals surface area (Å²) in [4.78, 5) is 5.58. The van der Waals surface area contributed by atoms with E-state index in [4.69, 9.17) is 0 Å². The molecule has 0 atom stereocenters. The third-order valence-electron chi connectivity index (χ3n) is 3.36. The molecule has 1 aliphatic rings. The molecule has 1 aromatic heterocycles. The SMILES string of the molecule is Cc1ncsc1CCNCC1(O)CCCC1. The lowest BCUT2D eigenvalue weighted by Crippen LogP contribution is -2.38. The van der Waals surface area contributed by atoms with Crippen LogP contribution < -0.4 is 5.32 Å². The lowest BCUT2D eigenvalue weighted by Gasteiger charge is -2.22. The molecule has 0 spiro atoms. The fourth-order valence-electron chi connectivity index (χ4n) is 2.30. The van der Waals surface area contributed by atoms with E-state index in [1.807, 2.05) is 5.51 Å². The fraction of sp³-hybridized carbons (Fsp3) is 0.750. The van der Waals surface area contributed by atoms with Crippen LogP contribution in [0.4, 0.5) is 0 Å². The van der Waals surface area contributed by atoms with Crippen molar-refractivity contribution in [2.24, 2.45) is 0 Å². The summed E-state index contributed by atoms with van der Waals surface area (Å²) in [6, 6.07) is 0. The molecule has 2 N–H and O–H groups in total. The first-order valence-electron chi connectivity index (χ1n) is 6.02. The van der Waals surface area contributed by atoms with Gasteiger partial charge in [0, 0.05) is 18.0 Å². The van der Waals surface area contributed by atoms with Gasteiger partial charge in [-0.25, -0.2) is 4.98 Å². The van der Waals surface area contributed by atoms with Crippen molar-refractivity contribution >= 4 is 11.3 Å². The highest BCUT2D eigenvalue weighted by atomic mass is 32.1. The van der Waals surface area contributed by atoms with Gasteiger partial charge in [-0.2, -0.15) is 0 Å². The van der Waals surface area contributed by atoms with Crippen molar-refractivity contribution in [3.05, 3.63) is 16.1 Å². The molecule has 0 saturated heterocycles. The minimum Gasteiger partial charge on any atom is -0.389 e. The van der Waals surface area contributed by atoms with Crippen LogP contribution in [0.15, 0.2) is 5.51 Å². The highest BCUT2D eigenvalue weighted by molar-refractivity contribution is 7.09. The Morgan fingerprint density at radius 3 is 2.88 bits per heavy atom. The molecule has 0 aliphatic heterocycles. The lowest BCUT2D eigenvalue weighted by molar-refractivity contribution is 0.0481. The molecule has 3 nitrogen and oxygen atoms in total. The molecule has 90 valence electrons. The maximum absolute atomic E-state index is 10.1. The van der Waals surface area contributed by atoms with Crippen molar-refractivity contribution in [1.82, 2.24) is 10.3 Å². The fourth-order valence-corrected chi connectivity index (χ4v) is 3.08. The number of nitrogens with one attached hydrogen (secondary N) is 1. The Balaban J connectivity index is 1.67. The van der Waals surface area contributed by atoms with Crippen molar-refractivity contribution in [3.63, 3.8) is 0 Å². The van der Waals surface area contributed by atoms with Gasteiger partial charge in [0.1, 0.15) is 0 Å². The third kappa shape index (κ3) is 3.03. The summed E-state index contributed by atoms with van der Waals surface area (Å²) in [6.45, 7) is 3.73. The van der Waals surface area contributed by atoms with Gasteiger partial charge in [0.15, 0.2) is 0 Å². The van der Waals surface area contributed by atoms with E-state index in [-0.39, 0.29) is 0 Å². The molecule has 1 aromatic rings. The zero-order valence-electron chi connectivity index (χ0n) is 9.83. The molecule has 1 heterocycles. The van der Waals surface area contributed by atoms with Gasteiger partial charge < -0.3 is 10.4 Å². The summed E-state index contributed by atoms with van der Waals surface area (Å²) >= 11 is 1.72. The first kappa shape index (κ1) is 12.0. The molecule has 0 aromatic carbocycles.